The Morgan fingerprint density at radius 1 is 1.15 bits per heavy atom. The molecule has 3 aromatic heterocycles. The van der Waals surface area contributed by atoms with Gasteiger partial charge in [0.1, 0.15) is 0 Å². The molecule has 2 N–H and O–H groups in total. The molecule has 1 saturated heterocycles. The smallest absolute Gasteiger partial charge is 0.253 e. The third-order valence-electron chi connectivity index (χ3n) is 6.88. The van der Waals surface area contributed by atoms with Gasteiger partial charge in [-0.1, -0.05) is 0 Å². The Labute approximate surface area is 199 Å². The maximum absolute atomic E-state index is 12.9. The number of carbonyl (C=O) groups excluding carboxylic acids is 1. The first-order chi connectivity index (χ1) is 15.4. The molecule has 1 fully saturated rings. The zero-order valence-electron chi connectivity index (χ0n) is 19.1. The molecule has 8 heteroatoms. The zero-order valence-corrected chi connectivity index (χ0v) is 19.9. The van der Waals surface area contributed by atoms with E-state index in [2.05, 4.69) is 33.3 Å². The van der Waals surface area contributed by atoms with Gasteiger partial charge in [-0.3, -0.25) is 9.78 Å². The number of rotatable bonds is 3. The summed E-state index contributed by atoms with van der Waals surface area (Å²) in [6.45, 7) is 6.60. The number of amides is 1. The topological polar surface area (TPSA) is 83.1 Å². The number of fused-ring (bicyclic) bond motifs is 6. The number of aromatic amines is 1. The summed E-state index contributed by atoms with van der Waals surface area (Å²) in [6, 6.07) is 6.01. The number of hydrogen-bond acceptors (Lipinski definition) is 5. The van der Waals surface area contributed by atoms with Crippen LogP contribution in [0.5, 0.6) is 5.88 Å². The second-order valence-corrected chi connectivity index (χ2v) is 9.64. The van der Waals surface area contributed by atoms with Crippen LogP contribution in [0.3, 0.4) is 0 Å². The van der Waals surface area contributed by atoms with Crippen molar-refractivity contribution < 1.29 is 9.53 Å². The van der Waals surface area contributed by atoms with E-state index in [4.69, 9.17) is 9.72 Å². The van der Waals surface area contributed by atoms with E-state index in [0.29, 0.717) is 12.4 Å². The highest BCUT2D eigenvalue weighted by Gasteiger charge is 2.50. The zero-order chi connectivity index (χ0) is 22.0. The lowest BCUT2D eigenvalue weighted by Gasteiger charge is -2.50. The summed E-state index contributed by atoms with van der Waals surface area (Å²) in [7, 11) is 2.13. The Morgan fingerprint density at radius 2 is 1.97 bits per heavy atom. The predicted molar refractivity (Wildman–Crippen MR) is 129 cm³/mol. The van der Waals surface area contributed by atoms with Crippen LogP contribution in [-0.4, -0.2) is 58.5 Å². The molecule has 3 aromatic rings. The summed E-state index contributed by atoms with van der Waals surface area (Å²) in [5, 5.41) is 3.15. The van der Waals surface area contributed by atoms with Gasteiger partial charge in [0.15, 0.2) is 0 Å². The Balaban J connectivity index is 0.00000228. The van der Waals surface area contributed by atoms with Crippen molar-refractivity contribution in [2.75, 3.05) is 26.7 Å². The number of halogens is 1. The van der Waals surface area contributed by atoms with E-state index in [9.17, 15) is 4.79 Å². The molecule has 1 spiro atoms. The highest BCUT2D eigenvalue weighted by molar-refractivity contribution is 6.01. The Kier molecular flexibility index (Phi) is 5.21. The van der Waals surface area contributed by atoms with E-state index >= 15 is 0 Å². The van der Waals surface area contributed by atoms with Crippen molar-refractivity contribution in [2.45, 2.75) is 38.2 Å². The van der Waals surface area contributed by atoms with Gasteiger partial charge < -0.3 is 19.9 Å². The van der Waals surface area contributed by atoms with Crippen LogP contribution in [0.25, 0.3) is 22.5 Å². The number of aryl methyl sites for hydroxylation is 1. The second-order valence-electron chi connectivity index (χ2n) is 9.64. The lowest BCUT2D eigenvalue weighted by atomic mass is 9.73. The molecule has 7 nitrogen and oxygen atoms in total. The van der Waals surface area contributed by atoms with E-state index in [1.54, 1.807) is 0 Å². The van der Waals surface area contributed by atoms with Crippen LogP contribution in [0.2, 0.25) is 0 Å². The van der Waals surface area contributed by atoms with Crippen LogP contribution in [0, 0.1) is 0 Å². The quantitative estimate of drug-likeness (QED) is 0.619. The van der Waals surface area contributed by atoms with Crippen LogP contribution < -0.4 is 10.1 Å². The SMILES string of the molecule is CC(C)Oc1ccc(-c2cc3c(cn2)CCc2c-3[nH]c3c2C(=O)NCC32CN(C)C2)cn1.Cl. The fourth-order valence-corrected chi connectivity index (χ4v) is 5.53. The molecule has 172 valence electrons. The first kappa shape index (κ1) is 21.9. The number of ether oxygens (including phenoxy) is 1. The van der Waals surface area contributed by atoms with Crippen LogP contribution >= 0.6 is 12.4 Å². The minimum absolute atomic E-state index is 0. The number of aromatic nitrogens is 3. The number of likely N-dealkylation sites (N-methyl/N-ethyl adjacent to an activating group) is 1. The molecule has 6 rings (SSSR count). The standard InChI is InChI=1S/C25H27N5O2.ClH/c1-14(2)32-20-7-5-16(10-27-20)19-8-18-15(9-26-19)4-6-17-21-23(29-22(17)18)25(11-28-24(21)31)12-30(3)13-25;/h5,7-10,14,29H,4,6,11-13H2,1-3H3,(H,28,31);1H. The molecule has 0 saturated carbocycles. The number of nitrogens with zero attached hydrogens (tertiary/aromatic N) is 3. The molecular formula is C25H28ClN5O2. The normalized spacial score (nSPS) is 18.0. The fraction of sp³-hybridized carbons (Fsp3) is 0.400. The van der Waals surface area contributed by atoms with Gasteiger partial charge in [0.05, 0.1) is 28.5 Å². The van der Waals surface area contributed by atoms with E-state index in [1.807, 2.05) is 38.4 Å². The monoisotopic (exact) mass is 465 g/mol. The van der Waals surface area contributed by atoms with Gasteiger partial charge >= 0.3 is 0 Å². The molecular weight excluding hydrogens is 438 g/mol. The minimum atomic E-state index is 0. The maximum atomic E-state index is 12.9. The van der Waals surface area contributed by atoms with Crippen molar-refractivity contribution in [3.8, 4) is 28.4 Å². The third kappa shape index (κ3) is 3.42. The van der Waals surface area contributed by atoms with Crippen LogP contribution in [0.1, 0.15) is 41.0 Å². The maximum Gasteiger partial charge on any atom is 0.253 e. The fourth-order valence-electron chi connectivity index (χ4n) is 5.53. The van der Waals surface area contributed by atoms with Crippen molar-refractivity contribution >= 4 is 18.3 Å². The molecule has 0 atom stereocenters. The van der Waals surface area contributed by atoms with Crippen molar-refractivity contribution in [1.82, 2.24) is 25.2 Å². The van der Waals surface area contributed by atoms with E-state index < -0.39 is 0 Å². The summed E-state index contributed by atoms with van der Waals surface area (Å²) in [5.41, 5.74) is 8.40. The Hall–Kier alpha value is -2.90. The largest absolute Gasteiger partial charge is 0.475 e. The molecule has 0 bridgehead atoms. The Morgan fingerprint density at radius 3 is 2.67 bits per heavy atom. The number of H-pyrrole nitrogens is 1. The van der Waals surface area contributed by atoms with Crippen LogP contribution in [0.4, 0.5) is 0 Å². The highest BCUT2D eigenvalue weighted by Crippen LogP contribution is 2.44. The van der Waals surface area contributed by atoms with Crippen LogP contribution in [-0.2, 0) is 18.3 Å². The van der Waals surface area contributed by atoms with Crippen molar-refractivity contribution in [3.63, 3.8) is 0 Å². The van der Waals surface area contributed by atoms with Gasteiger partial charge in [0.2, 0.25) is 5.88 Å². The molecule has 33 heavy (non-hydrogen) atoms. The summed E-state index contributed by atoms with van der Waals surface area (Å²) in [6.07, 6.45) is 5.61. The molecule has 5 heterocycles. The first-order valence-electron chi connectivity index (χ1n) is 11.3. The first-order valence-corrected chi connectivity index (χ1v) is 11.3. The summed E-state index contributed by atoms with van der Waals surface area (Å²) in [5.74, 6) is 0.670. The second kappa shape index (κ2) is 7.85. The lowest BCUT2D eigenvalue weighted by Crippen LogP contribution is -2.65. The number of nitrogens with one attached hydrogen (secondary N) is 2. The summed E-state index contributed by atoms with van der Waals surface area (Å²) >= 11 is 0. The van der Waals surface area contributed by atoms with Crippen molar-refractivity contribution in [3.05, 3.63) is 53.0 Å². The van der Waals surface area contributed by atoms with Gasteiger partial charge in [-0.25, -0.2) is 4.98 Å². The van der Waals surface area contributed by atoms with Gasteiger partial charge in [-0.05, 0) is 57.0 Å². The van der Waals surface area contributed by atoms with Gasteiger partial charge in [-0.2, -0.15) is 0 Å². The molecule has 1 aliphatic carbocycles. The molecule has 3 aliphatic rings. The van der Waals surface area contributed by atoms with Gasteiger partial charge in [0.25, 0.3) is 5.91 Å². The van der Waals surface area contributed by atoms with Gasteiger partial charge in [0, 0.05) is 54.9 Å². The number of likely N-dealkylation sites (tertiary alicyclic amines) is 1. The molecule has 2 aliphatic heterocycles. The molecule has 0 radical (unpaired) electrons. The van der Waals surface area contributed by atoms with Gasteiger partial charge in [-0.15, -0.1) is 12.4 Å². The van der Waals surface area contributed by atoms with E-state index in [0.717, 1.165) is 65.3 Å². The van der Waals surface area contributed by atoms with E-state index in [-0.39, 0.29) is 29.8 Å². The third-order valence-corrected chi connectivity index (χ3v) is 6.88. The molecule has 0 unspecified atom stereocenters. The summed E-state index contributed by atoms with van der Waals surface area (Å²) in [4.78, 5) is 28.0. The number of carbonyl (C=O) groups is 1. The molecule has 1 amide bonds. The average Bonchev–Trinajstić information content (AvgIpc) is 3.16. The predicted octanol–water partition coefficient (Wildman–Crippen LogP) is 3.37. The van der Waals surface area contributed by atoms with Crippen molar-refractivity contribution in [1.29, 1.82) is 0 Å². The molecule has 0 aromatic carbocycles. The highest BCUT2D eigenvalue weighted by atomic mass is 35.5. The number of hydrogen-bond donors (Lipinski definition) is 2. The summed E-state index contributed by atoms with van der Waals surface area (Å²) < 4.78 is 5.66. The number of pyridine rings is 2. The Bertz CT molecular complexity index is 1230. The van der Waals surface area contributed by atoms with Crippen molar-refractivity contribution in [2.24, 2.45) is 0 Å². The average molecular weight is 466 g/mol. The van der Waals surface area contributed by atoms with Crippen LogP contribution in [0.15, 0.2) is 30.6 Å². The lowest BCUT2D eigenvalue weighted by molar-refractivity contribution is 0.0688. The van der Waals surface area contributed by atoms with E-state index in [1.165, 1.54) is 5.56 Å². The minimum Gasteiger partial charge on any atom is -0.475 e.